The summed E-state index contributed by atoms with van der Waals surface area (Å²) < 4.78 is 0. The minimum absolute atomic E-state index is 1.02. The molecule has 1 aromatic heterocycles. The van der Waals surface area contributed by atoms with Crippen molar-refractivity contribution in [3.63, 3.8) is 0 Å². The molecule has 0 spiro atoms. The summed E-state index contributed by atoms with van der Waals surface area (Å²) in [5.74, 6) is 0. The summed E-state index contributed by atoms with van der Waals surface area (Å²) in [6.45, 7) is 4.06. The Hall–Kier alpha value is -2.15. The monoisotopic (exact) mass is 218 g/mol. The molecule has 0 aliphatic heterocycles. The molecule has 0 aliphatic rings. The second-order valence-corrected chi connectivity index (χ2v) is 4.07. The van der Waals surface area contributed by atoms with E-state index in [1.807, 2.05) is 30.5 Å². The Kier molecular flexibility index (Phi) is 2.37. The molecule has 0 atom stereocenters. The van der Waals surface area contributed by atoms with Crippen molar-refractivity contribution in [1.29, 1.82) is 0 Å². The quantitative estimate of drug-likeness (QED) is 0.599. The van der Waals surface area contributed by atoms with Crippen molar-refractivity contribution >= 4 is 10.9 Å². The summed E-state index contributed by atoms with van der Waals surface area (Å²) in [4.78, 5) is 4.38. The first-order valence-corrected chi connectivity index (χ1v) is 5.61. The summed E-state index contributed by atoms with van der Waals surface area (Å²) in [6.07, 6.45) is 1.82. The van der Waals surface area contributed by atoms with Crippen LogP contribution in [-0.4, -0.2) is 4.98 Å². The molecule has 0 saturated carbocycles. The van der Waals surface area contributed by atoms with Crippen molar-refractivity contribution in [2.24, 2.45) is 0 Å². The molecule has 81 valence electrons. The van der Waals surface area contributed by atoms with E-state index in [0.717, 1.165) is 16.5 Å². The van der Waals surface area contributed by atoms with Crippen LogP contribution < -0.4 is 0 Å². The lowest BCUT2D eigenvalue weighted by atomic mass is 9.99. The van der Waals surface area contributed by atoms with Gasteiger partial charge in [0.15, 0.2) is 0 Å². The maximum Gasteiger partial charge on any atom is 0.0708 e. The van der Waals surface area contributed by atoms with Crippen LogP contribution in [0.2, 0.25) is 0 Å². The lowest BCUT2D eigenvalue weighted by Gasteiger charge is -2.06. The second kappa shape index (κ2) is 4.02. The average Bonchev–Trinajstić information content (AvgIpc) is 2.39. The Morgan fingerprint density at radius 2 is 1.76 bits per heavy atom. The Morgan fingerprint density at radius 1 is 0.882 bits per heavy atom. The van der Waals surface area contributed by atoms with Crippen LogP contribution in [0.5, 0.6) is 0 Å². The number of rotatable bonds is 1. The molecule has 0 unspecified atom stereocenters. The van der Waals surface area contributed by atoms with Crippen LogP contribution in [0.3, 0.4) is 0 Å². The molecule has 3 aromatic rings. The number of pyridine rings is 1. The number of hydrogen-bond acceptors (Lipinski definition) is 1. The predicted octanol–water partition coefficient (Wildman–Crippen LogP) is 4.08. The third kappa shape index (κ3) is 1.80. The zero-order chi connectivity index (χ0) is 11.7. The Labute approximate surface area is 101 Å². The number of hydrogen-bond donors (Lipinski definition) is 0. The van der Waals surface area contributed by atoms with E-state index < -0.39 is 0 Å². The topological polar surface area (TPSA) is 12.9 Å². The first-order chi connectivity index (χ1) is 8.34. The molecule has 3 rings (SSSR count). The van der Waals surface area contributed by atoms with Gasteiger partial charge in [-0.25, -0.2) is 0 Å². The molecule has 0 bridgehead atoms. The van der Waals surface area contributed by atoms with Gasteiger partial charge in [-0.3, -0.25) is 4.98 Å². The van der Waals surface area contributed by atoms with Gasteiger partial charge in [-0.05, 0) is 35.7 Å². The summed E-state index contributed by atoms with van der Waals surface area (Å²) in [7, 11) is 0. The lowest BCUT2D eigenvalue weighted by molar-refractivity contribution is 1.41. The van der Waals surface area contributed by atoms with Gasteiger partial charge in [-0.2, -0.15) is 0 Å². The smallest absolute Gasteiger partial charge is 0.0708 e. The fourth-order valence-corrected chi connectivity index (χ4v) is 2.04. The first-order valence-electron chi connectivity index (χ1n) is 5.61. The molecule has 0 aliphatic carbocycles. The van der Waals surface area contributed by atoms with Crippen LogP contribution >= 0.6 is 0 Å². The van der Waals surface area contributed by atoms with Crippen LogP contribution in [0.15, 0.2) is 60.8 Å². The minimum Gasteiger partial charge on any atom is -0.256 e. The highest BCUT2D eigenvalue weighted by atomic mass is 14.6. The normalized spacial score (nSPS) is 10.6. The van der Waals surface area contributed by atoms with Crippen LogP contribution in [-0.2, 0) is 0 Å². The molecule has 1 nitrogen and oxygen atoms in total. The van der Waals surface area contributed by atoms with Gasteiger partial charge < -0.3 is 0 Å². The highest BCUT2D eigenvalue weighted by Crippen LogP contribution is 2.25. The standard InChI is InChI=1S/C16H12N/c1-12-5-2-3-7-15(12)14-9-8-13-6-4-10-17-16(13)11-14/h2-11H,1H2. The second-order valence-electron chi connectivity index (χ2n) is 4.07. The molecule has 1 heteroatoms. The summed E-state index contributed by atoms with van der Waals surface area (Å²) in [5.41, 5.74) is 4.40. The SMILES string of the molecule is [CH2]c1ccccc1-c1ccc2cccnc2c1. The van der Waals surface area contributed by atoms with E-state index in [-0.39, 0.29) is 0 Å². The fourth-order valence-electron chi connectivity index (χ4n) is 2.04. The van der Waals surface area contributed by atoms with Crippen LogP contribution in [0, 0.1) is 6.92 Å². The Balaban J connectivity index is 2.22. The fraction of sp³-hybridized carbons (Fsp3) is 0. The first kappa shape index (κ1) is 10.0. The molecule has 1 heterocycles. The highest BCUT2D eigenvalue weighted by Gasteiger charge is 2.02. The third-order valence-electron chi connectivity index (χ3n) is 2.93. The summed E-state index contributed by atoms with van der Waals surface area (Å²) >= 11 is 0. The van der Waals surface area contributed by atoms with Crippen LogP contribution in [0.4, 0.5) is 0 Å². The van der Waals surface area contributed by atoms with Gasteiger partial charge in [0.1, 0.15) is 0 Å². The van der Waals surface area contributed by atoms with Crippen LogP contribution in [0.1, 0.15) is 5.56 Å². The van der Waals surface area contributed by atoms with Gasteiger partial charge in [0.2, 0.25) is 0 Å². The van der Waals surface area contributed by atoms with Gasteiger partial charge >= 0.3 is 0 Å². The average molecular weight is 218 g/mol. The van der Waals surface area contributed by atoms with Gasteiger partial charge in [-0.1, -0.05) is 42.5 Å². The van der Waals surface area contributed by atoms with E-state index >= 15 is 0 Å². The van der Waals surface area contributed by atoms with E-state index in [0.29, 0.717) is 0 Å². The van der Waals surface area contributed by atoms with E-state index in [1.165, 1.54) is 11.1 Å². The van der Waals surface area contributed by atoms with Crippen molar-refractivity contribution in [3.8, 4) is 11.1 Å². The van der Waals surface area contributed by atoms with E-state index in [1.54, 1.807) is 0 Å². The molecule has 17 heavy (non-hydrogen) atoms. The predicted molar refractivity (Wildman–Crippen MR) is 71.6 cm³/mol. The van der Waals surface area contributed by atoms with Crippen molar-refractivity contribution in [3.05, 3.63) is 73.3 Å². The van der Waals surface area contributed by atoms with Crippen molar-refractivity contribution in [2.45, 2.75) is 0 Å². The maximum absolute atomic E-state index is 4.38. The molecule has 1 radical (unpaired) electrons. The van der Waals surface area contributed by atoms with Crippen molar-refractivity contribution in [2.75, 3.05) is 0 Å². The molecule has 0 amide bonds. The molecule has 0 fully saturated rings. The molecule has 2 aromatic carbocycles. The number of benzene rings is 2. The largest absolute Gasteiger partial charge is 0.256 e. The van der Waals surface area contributed by atoms with Gasteiger partial charge in [0.25, 0.3) is 0 Å². The maximum atomic E-state index is 4.38. The van der Waals surface area contributed by atoms with Crippen molar-refractivity contribution < 1.29 is 0 Å². The lowest BCUT2D eigenvalue weighted by Crippen LogP contribution is -1.84. The van der Waals surface area contributed by atoms with Gasteiger partial charge in [0, 0.05) is 11.6 Å². The molecular formula is C16H12N. The van der Waals surface area contributed by atoms with Crippen LogP contribution in [0.25, 0.3) is 22.0 Å². The molecule has 0 N–H and O–H groups in total. The number of nitrogens with zero attached hydrogens (tertiary/aromatic N) is 1. The van der Waals surface area contributed by atoms with E-state index in [4.69, 9.17) is 0 Å². The number of fused-ring (bicyclic) bond motifs is 1. The Morgan fingerprint density at radius 3 is 2.65 bits per heavy atom. The third-order valence-corrected chi connectivity index (χ3v) is 2.93. The molecule has 0 saturated heterocycles. The van der Waals surface area contributed by atoms with Gasteiger partial charge in [-0.15, -0.1) is 0 Å². The zero-order valence-corrected chi connectivity index (χ0v) is 9.43. The zero-order valence-electron chi connectivity index (χ0n) is 9.43. The Bertz CT molecular complexity index is 671. The number of aromatic nitrogens is 1. The summed E-state index contributed by atoms with van der Waals surface area (Å²) in [6, 6.07) is 18.5. The minimum atomic E-state index is 1.02. The van der Waals surface area contributed by atoms with E-state index in [9.17, 15) is 0 Å². The van der Waals surface area contributed by atoms with E-state index in [2.05, 4.69) is 42.2 Å². The molecular weight excluding hydrogens is 206 g/mol. The van der Waals surface area contributed by atoms with Gasteiger partial charge in [0.05, 0.1) is 5.52 Å². The highest BCUT2D eigenvalue weighted by molar-refractivity contribution is 5.84. The summed E-state index contributed by atoms with van der Waals surface area (Å²) in [5, 5.41) is 1.16. The van der Waals surface area contributed by atoms with Crippen molar-refractivity contribution in [1.82, 2.24) is 4.98 Å².